The Kier molecular flexibility index (Phi) is 6.50. The van der Waals surface area contributed by atoms with Gasteiger partial charge in [0.25, 0.3) is 0 Å². The van der Waals surface area contributed by atoms with Gasteiger partial charge in [-0.2, -0.15) is 0 Å². The highest BCUT2D eigenvalue weighted by Gasteiger charge is 2.36. The molecule has 2 aromatic carbocycles. The van der Waals surface area contributed by atoms with Crippen LogP contribution in [0.2, 0.25) is 0 Å². The second-order valence-corrected chi connectivity index (χ2v) is 11.3. The van der Waals surface area contributed by atoms with Gasteiger partial charge in [0.2, 0.25) is 0 Å². The summed E-state index contributed by atoms with van der Waals surface area (Å²) in [7, 11) is 0. The van der Waals surface area contributed by atoms with E-state index in [4.69, 9.17) is 10.7 Å². The summed E-state index contributed by atoms with van der Waals surface area (Å²) in [6.45, 7) is 0. The highest BCUT2D eigenvalue weighted by Crippen LogP contribution is 2.47. The first-order chi connectivity index (χ1) is 19.8. The minimum atomic E-state index is 0.527. The normalized spacial score (nSPS) is 18.5. The molecule has 0 saturated carbocycles. The molecule has 0 spiro atoms. The van der Waals surface area contributed by atoms with Crippen molar-refractivity contribution < 1.29 is 0 Å². The van der Waals surface area contributed by atoms with Gasteiger partial charge >= 0.3 is 0 Å². The Labute approximate surface area is 238 Å². The third-order valence-electron chi connectivity index (χ3n) is 7.87. The zero-order valence-electron chi connectivity index (χ0n) is 22.2. The second-order valence-electron chi connectivity index (χ2n) is 10.3. The number of thiazole rings is 1. The van der Waals surface area contributed by atoms with Crippen molar-refractivity contribution >= 4 is 32.8 Å². The van der Waals surface area contributed by atoms with E-state index in [9.17, 15) is 0 Å². The topological polar surface area (TPSA) is 55.0 Å². The first-order valence-electron chi connectivity index (χ1n) is 13.8. The van der Waals surface area contributed by atoms with E-state index in [0.29, 0.717) is 5.92 Å². The second kappa shape index (κ2) is 10.6. The molecule has 0 amide bonds. The lowest BCUT2D eigenvalue weighted by atomic mass is 9.87. The Morgan fingerprint density at radius 3 is 2.77 bits per heavy atom. The highest BCUT2D eigenvalue weighted by atomic mass is 32.1. The molecule has 4 aromatic rings. The van der Waals surface area contributed by atoms with Crippen molar-refractivity contribution in [2.24, 2.45) is 11.7 Å². The Bertz CT molecular complexity index is 1710. The lowest BCUT2D eigenvalue weighted by Gasteiger charge is -2.26. The van der Waals surface area contributed by atoms with Crippen LogP contribution in [0.1, 0.15) is 30.4 Å². The maximum atomic E-state index is 6.00. The fourth-order valence-electron chi connectivity index (χ4n) is 5.86. The molecular weight excluding hydrogens is 508 g/mol. The van der Waals surface area contributed by atoms with Gasteiger partial charge in [0.05, 0.1) is 15.9 Å². The number of anilines is 1. The van der Waals surface area contributed by atoms with Gasteiger partial charge in [0, 0.05) is 41.0 Å². The summed E-state index contributed by atoms with van der Waals surface area (Å²) in [6.07, 6.45) is 23.4. The molecule has 1 aliphatic heterocycles. The standard InChI is InChI=1S/C35H30N4S/c36-22-25(26-18-21-31(37-23-26)35-38-30-12-3-6-15-34(30)40-35)9-7-8-24-16-19-27(20-17-24)39-32-13-4-1-10-28(32)29-11-2-5-14-33(29)39/h1,3-7,9,12-23,28H,2,8,10-11,36H2/b9-7-,25-22+. The van der Waals surface area contributed by atoms with Crippen molar-refractivity contribution in [1.29, 1.82) is 0 Å². The Balaban J connectivity index is 1.04. The number of aromatic nitrogens is 2. The highest BCUT2D eigenvalue weighted by molar-refractivity contribution is 7.21. The molecule has 3 heterocycles. The number of rotatable bonds is 6. The van der Waals surface area contributed by atoms with Gasteiger partial charge in [-0.15, -0.1) is 11.3 Å². The third-order valence-corrected chi connectivity index (χ3v) is 8.93. The summed E-state index contributed by atoms with van der Waals surface area (Å²) in [5.74, 6) is 0.527. The zero-order chi connectivity index (χ0) is 26.9. The molecule has 0 fully saturated rings. The maximum Gasteiger partial charge on any atom is 0.143 e. The van der Waals surface area contributed by atoms with Crippen molar-refractivity contribution in [3.05, 3.63) is 144 Å². The molecule has 0 radical (unpaired) electrons. The molecular formula is C35H30N4S. The van der Waals surface area contributed by atoms with Crippen LogP contribution in [0.3, 0.4) is 0 Å². The molecule has 1 atom stereocenters. The van der Waals surface area contributed by atoms with E-state index in [2.05, 4.69) is 88.8 Å². The number of nitrogens with two attached hydrogens (primary N) is 1. The van der Waals surface area contributed by atoms with Crippen molar-refractivity contribution in [2.75, 3.05) is 4.90 Å². The molecule has 3 aliphatic rings. The number of fused-ring (bicyclic) bond motifs is 3. The van der Waals surface area contributed by atoms with E-state index in [-0.39, 0.29) is 0 Å². The lowest BCUT2D eigenvalue weighted by molar-refractivity contribution is 0.695. The number of hydrogen-bond acceptors (Lipinski definition) is 5. The summed E-state index contributed by atoms with van der Waals surface area (Å²) in [4.78, 5) is 11.9. The predicted octanol–water partition coefficient (Wildman–Crippen LogP) is 8.34. The number of hydrogen-bond donors (Lipinski definition) is 1. The average molecular weight is 539 g/mol. The van der Waals surface area contributed by atoms with Crippen LogP contribution >= 0.6 is 11.3 Å². The molecule has 2 N–H and O–H groups in total. The summed E-state index contributed by atoms with van der Waals surface area (Å²) in [5, 5.41) is 0.928. The van der Waals surface area contributed by atoms with Crippen molar-refractivity contribution in [3.8, 4) is 10.7 Å². The van der Waals surface area contributed by atoms with Crippen LogP contribution in [0.5, 0.6) is 0 Å². The molecule has 5 heteroatoms. The van der Waals surface area contributed by atoms with Gasteiger partial charge in [-0.05, 0) is 84.9 Å². The molecule has 0 bridgehead atoms. The van der Waals surface area contributed by atoms with Gasteiger partial charge < -0.3 is 10.6 Å². The monoisotopic (exact) mass is 538 g/mol. The van der Waals surface area contributed by atoms with Gasteiger partial charge in [-0.3, -0.25) is 4.98 Å². The molecule has 4 nitrogen and oxygen atoms in total. The number of nitrogens with zero attached hydrogens (tertiary/aromatic N) is 3. The van der Waals surface area contributed by atoms with Gasteiger partial charge in [-0.25, -0.2) is 4.98 Å². The maximum absolute atomic E-state index is 6.00. The summed E-state index contributed by atoms with van der Waals surface area (Å²) in [5.41, 5.74) is 16.7. The van der Waals surface area contributed by atoms with Crippen LogP contribution in [-0.2, 0) is 6.42 Å². The van der Waals surface area contributed by atoms with Crippen LogP contribution in [-0.4, -0.2) is 9.97 Å². The Hall–Kier alpha value is -4.48. The summed E-state index contributed by atoms with van der Waals surface area (Å²) < 4.78 is 1.17. The Morgan fingerprint density at radius 1 is 1.05 bits per heavy atom. The average Bonchev–Trinajstić information content (AvgIpc) is 3.60. The molecule has 1 unspecified atom stereocenters. The van der Waals surface area contributed by atoms with Gasteiger partial charge in [-0.1, -0.05) is 60.7 Å². The van der Waals surface area contributed by atoms with Crippen molar-refractivity contribution in [3.63, 3.8) is 0 Å². The van der Waals surface area contributed by atoms with Crippen molar-refractivity contribution in [1.82, 2.24) is 9.97 Å². The van der Waals surface area contributed by atoms with Crippen molar-refractivity contribution in [2.45, 2.75) is 25.7 Å². The molecule has 2 aliphatic carbocycles. The summed E-state index contributed by atoms with van der Waals surface area (Å²) >= 11 is 1.66. The van der Waals surface area contributed by atoms with Crippen LogP contribution in [0.15, 0.2) is 133 Å². The Morgan fingerprint density at radius 2 is 1.95 bits per heavy atom. The van der Waals surface area contributed by atoms with E-state index in [1.54, 1.807) is 23.1 Å². The summed E-state index contributed by atoms with van der Waals surface area (Å²) in [6, 6.07) is 21.2. The van der Waals surface area contributed by atoms with Crippen LogP contribution in [0.4, 0.5) is 5.69 Å². The molecule has 2 aromatic heterocycles. The lowest BCUT2D eigenvalue weighted by Crippen LogP contribution is -2.19. The van der Waals surface area contributed by atoms with Crippen LogP contribution in [0.25, 0.3) is 26.5 Å². The molecule has 7 rings (SSSR count). The minimum Gasteiger partial charge on any atom is -0.404 e. The van der Waals surface area contributed by atoms with E-state index in [1.807, 2.05) is 30.5 Å². The van der Waals surface area contributed by atoms with E-state index >= 15 is 0 Å². The fraction of sp³-hybridized carbons (Fsp3) is 0.143. The van der Waals surface area contributed by atoms with E-state index in [0.717, 1.165) is 53.0 Å². The fourth-order valence-corrected chi connectivity index (χ4v) is 6.80. The number of benzene rings is 2. The van der Waals surface area contributed by atoms with E-state index in [1.165, 1.54) is 27.3 Å². The van der Waals surface area contributed by atoms with Crippen LogP contribution < -0.4 is 10.6 Å². The molecule has 40 heavy (non-hydrogen) atoms. The third kappa shape index (κ3) is 4.52. The zero-order valence-corrected chi connectivity index (χ0v) is 23.0. The van der Waals surface area contributed by atoms with Gasteiger partial charge in [0.1, 0.15) is 5.01 Å². The first kappa shape index (κ1) is 24.6. The minimum absolute atomic E-state index is 0.527. The quantitative estimate of drug-likeness (QED) is 0.251. The number of allylic oxidation sites excluding steroid dienone is 9. The SMILES string of the molecule is N/C=C(\C=C/Cc1ccc(N2C3=CC=CCC3C3=C2C=CCC3)cc1)c1ccc(-c2nc3ccccc3s2)nc1. The van der Waals surface area contributed by atoms with Gasteiger partial charge in [0.15, 0.2) is 0 Å². The predicted molar refractivity (Wildman–Crippen MR) is 168 cm³/mol. The number of para-hydroxylation sites is 1. The smallest absolute Gasteiger partial charge is 0.143 e. The van der Waals surface area contributed by atoms with E-state index < -0.39 is 0 Å². The number of pyridine rings is 1. The largest absolute Gasteiger partial charge is 0.404 e. The molecule has 0 saturated heterocycles. The molecule has 196 valence electrons. The first-order valence-corrected chi connectivity index (χ1v) is 14.7. The van der Waals surface area contributed by atoms with Crippen LogP contribution in [0, 0.1) is 5.92 Å².